The van der Waals surface area contributed by atoms with Crippen molar-refractivity contribution in [2.75, 3.05) is 0 Å². The zero-order valence-electron chi connectivity index (χ0n) is 10.4. The Kier molecular flexibility index (Phi) is 3.67. The number of carbonyl (C=O) groups is 2. The number of hydrogen-bond donors (Lipinski definition) is 2. The van der Waals surface area contributed by atoms with E-state index in [9.17, 15) is 9.59 Å². The van der Waals surface area contributed by atoms with Gasteiger partial charge in [-0.1, -0.05) is 0 Å². The Labute approximate surface area is 99.6 Å². The Morgan fingerprint density at radius 2 is 2.06 bits per heavy atom. The lowest BCUT2D eigenvalue weighted by Crippen LogP contribution is -2.28. The molecule has 1 heterocycles. The predicted octanol–water partition coefficient (Wildman–Crippen LogP) is 0.895. The molecule has 0 amide bonds. The monoisotopic (exact) mass is 239 g/mol. The van der Waals surface area contributed by atoms with Gasteiger partial charge in [0.15, 0.2) is 5.82 Å². The highest BCUT2D eigenvalue weighted by molar-refractivity contribution is 5.98. The number of Topliss-reactive ketones (excluding diaryl/α,β-unsaturated/α-hetero) is 1. The Morgan fingerprint density at radius 3 is 2.53 bits per heavy atom. The van der Waals surface area contributed by atoms with Gasteiger partial charge in [-0.3, -0.25) is 4.79 Å². The molecule has 0 aliphatic carbocycles. The Hall–Kier alpha value is -1.69. The first kappa shape index (κ1) is 13.4. The number of aromatic amines is 1. The summed E-state index contributed by atoms with van der Waals surface area (Å²) >= 11 is 0. The molecule has 6 heteroatoms. The molecule has 94 valence electrons. The second kappa shape index (κ2) is 4.67. The Morgan fingerprint density at radius 1 is 1.47 bits per heavy atom. The number of esters is 1. The lowest BCUT2D eigenvalue weighted by Gasteiger charge is -2.18. The molecule has 6 nitrogen and oxygen atoms in total. The number of rotatable bonds is 3. The Balaban J connectivity index is 2.82. The van der Waals surface area contributed by atoms with Crippen molar-refractivity contribution in [1.29, 1.82) is 0 Å². The summed E-state index contributed by atoms with van der Waals surface area (Å²) in [5, 5.41) is 0. The summed E-state index contributed by atoms with van der Waals surface area (Å²) in [4.78, 5) is 29.5. The number of carbonyl (C=O) groups excluding carboxylic acids is 2. The quantitative estimate of drug-likeness (QED) is 0.603. The van der Waals surface area contributed by atoms with Crippen LogP contribution >= 0.6 is 0 Å². The number of nitrogens with two attached hydrogens (primary N) is 1. The van der Waals surface area contributed by atoms with Gasteiger partial charge in [0.25, 0.3) is 0 Å². The van der Waals surface area contributed by atoms with E-state index in [0.29, 0.717) is 0 Å². The fraction of sp³-hybridized carbons (Fsp3) is 0.545. The van der Waals surface area contributed by atoms with Crippen LogP contribution in [0.3, 0.4) is 0 Å². The first-order valence-corrected chi connectivity index (χ1v) is 5.29. The van der Waals surface area contributed by atoms with E-state index in [1.807, 2.05) is 0 Å². The van der Waals surface area contributed by atoms with Crippen molar-refractivity contribution in [1.82, 2.24) is 9.97 Å². The second-order valence-electron chi connectivity index (χ2n) is 4.80. The summed E-state index contributed by atoms with van der Waals surface area (Å²) in [5.74, 6) is -0.825. The standard InChI is InChI=1S/C11H17N3O3/c1-6(12)8(15)9-13-5-7(14-9)10(16)17-11(2,3)4/h5-6H,12H2,1-4H3,(H,13,14)/t6-/m0/s1. The smallest absolute Gasteiger partial charge is 0.356 e. The number of ketones is 1. The molecular formula is C11H17N3O3. The van der Waals surface area contributed by atoms with Crippen LogP contribution in [-0.4, -0.2) is 33.4 Å². The summed E-state index contributed by atoms with van der Waals surface area (Å²) in [5.41, 5.74) is 4.98. The molecule has 3 N–H and O–H groups in total. The molecule has 17 heavy (non-hydrogen) atoms. The lowest BCUT2D eigenvalue weighted by atomic mass is 10.2. The molecule has 1 atom stereocenters. The number of hydrogen-bond acceptors (Lipinski definition) is 5. The van der Waals surface area contributed by atoms with E-state index in [2.05, 4.69) is 9.97 Å². The summed E-state index contributed by atoms with van der Waals surface area (Å²) < 4.78 is 5.12. The van der Waals surface area contributed by atoms with Crippen LogP contribution in [0.4, 0.5) is 0 Å². The van der Waals surface area contributed by atoms with E-state index in [-0.39, 0.29) is 17.3 Å². The van der Waals surface area contributed by atoms with Gasteiger partial charge in [0.05, 0.1) is 12.2 Å². The van der Waals surface area contributed by atoms with Gasteiger partial charge >= 0.3 is 5.97 Å². The minimum Gasteiger partial charge on any atom is -0.455 e. The number of nitrogens with zero attached hydrogens (tertiary/aromatic N) is 1. The largest absolute Gasteiger partial charge is 0.455 e. The van der Waals surface area contributed by atoms with E-state index >= 15 is 0 Å². The molecule has 1 aromatic rings. The molecule has 0 bridgehead atoms. The topological polar surface area (TPSA) is 98.1 Å². The zero-order chi connectivity index (χ0) is 13.2. The van der Waals surface area contributed by atoms with Gasteiger partial charge in [-0.15, -0.1) is 0 Å². The summed E-state index contributed by atoms with van der Waals surface area (Å²) in [6, 6.07) is -0.660. The van der Waals surface area contributed by atoms with Crippen LogP contribution in [0, 0.1) is 0 Å². The van der Waals surface area contributed by atoms with Gasteiger partial charge in [0, 0.05) is 0 Å². The third kappa shape index (κ3) is 3.67. The molecule has 1 rings (SSSR count). The second-order valence-corrected chi connectivity index (χ2v) is 4.80. The maximum absolute atomic E-state index is 11.6. The SMILES string of the molecule is C[C@H](N)C(=O)c1ncc(C(=O)OC(C)(C)C)[nH]1. The Bertz CT molecular complexity index is 429. The van der Waals surface area contributed by atoms with Gasteiger partial charge in [0.2, 0.25) is 5.78 Å². The molecular weight excluding hydrogens is 222 g/mol. The van der Waals surface area contributed by atoms with Crippen molar-refractivity contribution in [3.05, 3.63) is 17.7 Å². The lowest BCUT2D eigenvalue weighted by molar-refractivity contribution is 0.00634. The highest BCUT2D eigenvalue weighted by atomic mass is 16.6. The van der Waals surface area contributed by atoms with Crippen LogP contribution in [-0.2, 0) is 4.74 Å². The fourth-order valence-electron chi connectivity index (χ4n) is 1.10. The maximum Gasteiger partial charge on any atom is 0.356 e. The molecule has 0 saturated heterocycles. The van der Waals surface area contributed by atoms with Gasteiger partial charge in [0.1, 0.15) is 11.3 Å². The van der Waals surface area contributed by atoms with Crippen LogP contribution in [0.2, 0.25) is 0 Å². The third-order valence-corrected chi connectivity index (χ3v) is 1.84. The van der Waals surface area contributed by atoms with Gasteiger partial charge in [-0.05, 0) is 27.7 Å². The first-order chi connectivity index (χ1) is 7.70. The molecule has 1 aromatic heterocycles. The maximum atomic E-state index is 11.6. The fourth-order valence-corrected chi connectivity index (χ4v) is 1.10. The molecule has 0 unspecified atom stereocenters. The average molecular weight is 239 g/mol. The molecule has 0 aromatic carbocycles. The van der Waals surface area contributed by atoms with Crippen LogP contribution in [0.15, 0.2) is 6.20 Å². The number of ether oxygens (including phenoxy) is 1. The van der Waals surface area contributed by atoms with Crippen molar-refractivity contribution in [3.63, 3.8) is 0 Å². The predicted molar refractivity (Wildman–Crippen MR) is 61.7 cm³/mol. The van der Waals surface area contributed by atoms with E-state index in [4.69, 9.17) is 10.5 Å². The van der Waals surface area contributed by atoms with Gasteiger partial charge < -0.3 is 15.5 Å². The van der Waals surface area contributed by atoms with Crippen LogP contribution in [0.25, 0.3) is 0 Å². The average Bonchev–Trinajstić information content (AvgIpc) is 2.62. The minimum absolute atomic E-state index is 0.0702. The molecule has 0 aliphatic heterocycles. The highest BCUT2D eigenvalue weighted by Gasteiger charge is 2.21. The number of aromatic nitrogens is 2. The summed E-state index contributed by atoms with van der Waals surface area (Å²) in [7, 11) is 0. The van der Waals surface area contributed by atoms with E-state index in [1.54, 1.807) is 27.7 Å². The van der Waals surface area contributed by atoms with Crippen LogP contribution in [0.5, 0.6) is 0 Å². The van der Waals surface area contributed by atoms with Gasteiger partial charge in [-0.25, -0.2) is 9.78 Å². The van der Waals surface area contributed by atoms with Gasteiger partial charge in [-0.2, -0.15) is 0 Å². The number of nitrogens with one attached hydrogen (secondary N) is 1. The van der Waals surface area contributed by atoms with Crippen molar-refractivity contribution in [3.8, 4) is 0 Å². The molecule has 0 aliphatic rings. The first-order valence-electron chi connectivity index (χ1n) is 5.29. The van der Waals surface area contributed by atoms with E-state index in [0.717, 1.165) is 0 Å². The number of imidazole rings is 1. The van der Waals surface area contributed by atoms with E-state index < -0.39 is 17.6 Å². The van der Waals surface area contributed by atoms with Crippen molar-refractivity contribution < 1.29 is 14.3 Å². The van der Waals surface area contributed by atoms with Crippen molar-refractivity contribution >= 4 is 11.8 Å². The normalized spacial score (nSPS) is 13.2. The van der Waals surface area contributed by atoms with E-state index in [1.165, 1.54) is 6.20 Å². The zero-order valence-corrected chi connectivity index (χ0v) is 10.4. The summed E-state index contributed by atoms with van der Waals surface area (Å²) in [6.07, 6.45) is 1.27. The van der Waals surface area contributed by atoms with Crippen LogP contribution < -0.4 is 5.73 Å². The van der Waals surface area contributed by atoms with Crippen molar-refractivity contribution in [2.24, 2.45) is 5.73 Å². The molecule has 0 saturated carbocycles. The van der Waals surface area contributed by atoms with Crippen molar-refractivity contribution in [2.45, 2.75) is 39.3 Å². The third-order valence-electron chi connectivity index (χ3n) is 1.84. The van der Waals surface area contributed by atoms with Crippen LogP contribution in [0.1, 0.15) is 48.8 Å². The summed E-state index contributed by atoms with van der Waals surface area (Å²) in [6.45, 7) is 6.83. The number of H-pyrrole nitrogens is 1. The molecule has 0 spiro atoms. The molecule has 0 fully saturated rings. The highest BCUT2D eigenvalue weighted by Crippen LogP contribution is 2.11. The minimum atomic E-state index is -0.660. The molecule has 0 radical (unpaired) electrons.